The van der Waals surface area contributed by atoms with Crippen LogP contribution in [-0.2, 0) is 11.2 Å². The van der Waals surface area contributed by atoms with E-state index in [0.29, 0.717) is 0 Å². The summed E-state index contributed by atoms with van der Waals surface area (Å²) >= 11 is 0. The molecule has 1 unspecified atom stereocenters. The summed E-state index contributed by atoms with van der Waals surface area (Å²) in [4.78, 5) is 13.6. The number of carboxylic acid groups (broad SMARTS) is 1. The van der Waals surface area contributed by atoms with Gasteiger partial charge in [-0.25, -0.2) is 0 Å². The summed E-state index contributed by atoms with van der Waals surface area (Å²) in [5.74, 6) is -0.686. The van der Waals surface area contributed by atoms with Crippen LogP contribution in [0, 0.1) is 13.8 Å². The first-order valence-corrected chi connectivity index (χ1v) is 8.08. The fraction of sp³-hybridized carbons (Fsp3) is 0.611. The maximum absolute atomic E-state index is 11.2. The van der Waals surface area contributed by atoms with Gasteiger partial charge in [0.1, 0.15) is 0 Å². The zero-order valence-corrected chi connectivity index (χ0v) is 13.3. The molecule has 116 valence electrons. The Morgan fingerprint density at radius 2 is 1.86 bits per heavy atom. The lowest BCUT2D eigenvalue weighted by Gasteiger charge is -2.30. The van der Waals surface area contributed by atoms with Gasteiger partial charge in [0.15, 0.2) is 0 Å². The third-order valence-corrected chi connectivity index (χ3v) is 4.52. The Labute approximate surface area is 128 Å². The Hall–Kier alpha value is -1.35. The summed E-state index contributed by atoms with van der Waals surface area (Å²) in [6.07, 6.45) is 6.04. The standard InChI is InChI=1S/C18H27NO2/c1-14-7-8-16(15(2)11-14)12-17(13-18(20)21)19-9-5-3-4-6-10-19/h7-8,11,17H,3-6,9-10,12-13H2,1-2H3,(H,20,21). The van der Waals surface area contributed by atoms with Crippen LogP contribution in [0.3, 0.4) is 0 Å². The fourth-order valence-corrected chi connectivity index (χ4v) is 3.32. The number of aryl methyl sites for hydroxylation is 2. The lowest BCUT2D eigenvalue weighted by Crippen LogP contribution is -2.39. The molecule has 1 aliphatic heterocycles. The largest absolute Gasteiger partial charge is 0.481 e. The van der Waals surface area contributed by atoms with Crippen LogP contribution in [0.1, 0.15) is 48.8 Å². The van der Waals surface area contributed by atoms with Crippen LogP contribution in [-0.4, -0.2) is 35.1 Å². The number of hydrogen-bond acceptors (Lipinski definition) is 2. The van der Waals surface area contributed by atoms with Crippen LogP contribution < -0.4 is 0 Å². The molecule has 0 aromatic heterocycles. The minimum atomic E-state index is -0.686. The second-order valence-corrected chi connectivity index (χ2v) is 6.34. The monoisotopic (exact) mass is 289 g/mol. The molecule has 1 aromatic rings. The van der Waals surface area contributed by atoms with Gasteiger partial charge in [0, 0.05) is 6.04 Å². The Bertz CT molecular complexity index is 476. The molecule has 1 aromatic carbocycles. The summed E-state index contributed by atoms with van der Waals surface area (Å²) in [7, 11) is 0. The van der Waals surface area contributed by atoms with Crippen molar-refractivity contribution < 1.29 is 9.90 Å². The molecule has 1 N–H and O–H groups in total. The molecular weight excluding hydrogens is 262 g/mol. The maximum Gasteiger partial charge on any atom is 0.304 e. The molecule has 0 bridgehead atoms. The van der Waals surface area contributed by atoms with Gasteiger partial charge in [0.25, 0.3) is 0 Å². The highest BCUT2D eigenvalue weighted by atomic mass is 16.4. The van der Waals surface area contributed by atoms with Crippen molar-refractivity contribution in [3.63, 3.8) is 0 Å². The van der Waals surface area contributed by atoms with Gasteiger partial charge in [0.05, 0.1) is 6.42 Å². The van der Waals surface area contributed by atoms with Crippen molar-refractivity contribution in [2.75, 3.05) is 13.1 Å². The van der Waals surface area contributed by atoms with Gasteiger partial charge in [-0.05, 0) is 57.3 Å². The second-order valence-electron chi connectivity index (χ2n) is 6.34. The first kappa shape index (κ1) is 16.0. The summed E-state index contributed by atoms with van der Waals surface area (Å²) < 4.78 is 0. The van der Waals surface area contributed by atoms with E-state index in [0.717, 1.165) is 19.5 Å². The molecule has 21 heavy (non-hydrogen) atoms. The molecule has 0 aliphatic carbocycles. The molecule has 1 atom stereocenters. The van der Waals surface area contributed by atoms with Crippen LogP contribution in [0.4, 0.5) is 0 Å². The zero-order valence-electron chi connectivity index (χ0n) is 13.3. The normalized spacial score (nSPS) is 18.2. The van der Waals surface area contributed by atoms with Gasteiger partial charge in [-0.3, -0.25) is 9.69 Å². The first-order valence-electron chi connectivity index (χ1n) is 8.08. The topological polar surface area (TPSA) is 40.5 Å². The van der Waals surface area contributed by atoms with E-state index in [1.54, 1.807) is 0 Å². The number of aliphatic carboxylic acids is 1. The third-order valence-electron chi connectivity index (χ3n) is 4.52. The van der Waals surface area contributed by atoms with Gasteiger partial charge in [-0.15, -0.1) is 0 Å². The Morgan fingerprint density at radius 3 is 2.43 bits per heavy atom. The van der Waals surface area contributed by atoms with Crippen LogP contribution in [0.2, 0.25) is 0 Å². The van der Waals surface area contributed by atoms with Crippen molar-refractivity contribution in [1.29, 1.82) is 0 Å². The van der Waals surface area contributed by atoms with E-state index >= 15 is 0 Å². The smallest absolute Gasteiger partial charge is 0.304 e. The number of benzene rings is 1. The highest BCUT2D eigenvalue weighted by Gasteiger charge is 2.23. The van der Waals surface area contributed by atoms with Gasteiger partial charge >= 0.3 is 5.97 Å². The summed E-state index contributed by atoms with van der Waals surface area (Å²) in [5.41, 5.74) is 3.83. The Kier molecular flexibility index (Phi) is 5.80. The molecule has 1 heterocycles. The SMILES string of the molecule is Cc1ccc(CC(CC(=O)O)N2CCCCCC2)c(C)c1. The summed E-state index contributed by atoms with van der Waals surface area (Å²) in [6.45, 7) is 6.31. The van der Waals surface area contributed by atoms with E-state index in [1.165, 1.54) is 42.4 Å². The molecule has 3 heteroatoms. The first-order chi connectivity index (χ1) is 10.1. The zero-order chi connectivity index (χ0) is 15.2. The summed E-state index contributed by atoms with van der Waals surface area (Å²) in [5, 5.41) is 9.25. The molecular formula is C18H27NO2. The number of likely N-dealkylation sites (tertiary alicyclic amines) is 1. The molecule has 0 amide bonds. The molecule has 0 radical (unpaired) electrons. The van der Waals surface area contributed by atoms with Crippen LogP contribution in [0.25, 0.3) is 0 Å². The van der Waals surface area contributed by atoms with E-state index in [4.69, 9.17) is 0 Å². The number of rotatable bonds is 5. The number of hydrogen-bond donors (Lipinski definition) is 1. The quantitative estimate of drug-likeness (QED) is 0.901. The van der Waals surface area contributed by atoms with Crippen molar-refractivity contribution >= 4 is 5.97 Å². The Balaban J connectivity index is 2.12. The predicted molar refractivity (Wildman–Crippen MR) is 85.7 cm³/mol. The van der Waals surface area contributed by atoms with Crippen molar-refractivity contribution in [2.45, 2.75) is 58.4 Å². The number of carbonyl (C=O) groups is 1. The number of nitrogens with zero attached hydrogens (tertiary/aromatic N) is 1. The van der Waals surface area contributed by atoms with Gasteiger partial charge in [-0.2, -0.15) is 0 Å². The molecule has 0 saturated carbocycles. The van der Waals surface area contributed by atoms with Gasteiger partial charge < -0.3 is 5.11 Å². The van der Waals surface area contributed by atoms with E-state index < -0.39 is 5.97 Å². The highest BCUT2D eigenvalue weighted by molar-refractivity contribution is 5.67. The van der Waals surface area contributed by atoms with E-state index in [1.807, 2.05) is 0 Å². The van der Waals surface area contributed by atoms with E-state index in [9.17, 15) is 9.90 Å². The summed E-state index contributed by atoms with van der Waals surface area (Å²) in [6, 6.07) is 6.61. The van der Waals surface area contributed by atoms with Crippen molar-refractivity contribution in [2.24, 2.45) is 0 Å². The Morgan fingerprint density at radius 1 is 1.19 bits per heavy atom. The van der Waals surface area contributed by atoms with Gasteiger partial charge in [0.2, 0.25) is 0 Å². The predicted octanol–water partition coefficient (Wildman–Crippen LogP) is 3.57. The molecule has 1 aliphatic rings. The molecule has 1 fully saturated rings. The molecule has 3 nitrogen and oxygen atoms in total. The van der Waals surface area contributed by atoms with E-state index in [2.05, 4.69) is 36.9 Å². The fourth-order valence-electron chi connectivity index (χ4n) is 3.32. The average molecular weight is 289 g/mol. The van der Waals surface area contributed by atoms with Crippen LogP contribution in [0.15, 0.2) is 18.2 Å². The van der Waals surface area contributed by atoms with Gasteiger partial charge in [-0.1, -0.05) is 36.6 Å². The minimum absolute atomic E-state index is 0.127. The maximum atomic E-state index is 11.2. The third kappa shape index (κ3) is 4.85. The molecule has 1 saturated heterocycles. The minimum Gasteiger partial charge on any atom is -0.481 e. The second kappa shape index (κ2) is 7.60. The lowest BCUT2D eigenvalue weighted by atomic mass is 9.96. The molecule has 2 rings (SSSR count). The molecule has 0 spiro atoms. The highest BCUT2D eigenvalue weighted by Crippen LogP contribution is 2.20. The van der Waals surface area contributed by atoms with E-state index in [-0.39, 0.29) is 12.5 Å². The average Bonchev–Trinajstić information content (AvgIpc) is 2.69. The van der Waals surface area contributed by atoms with Crippen LogP contribution >= 0.6 is 0 Å². The van der Waals surface area contributed by atoms with Crippen molar-refractivity contribution in [1.82, 2.24) is 4.90 Å². The van der Waals surface area contributed by atoms with Crippen LogP contribution in [0.5, 0.6) is 0 Å². The number of carboxylic acids is 1. The van der Waals surface area contributed by atoms with Crippen molar-refractivity contribution in [3.8, 4) is 0 Å². The van der Waals surface area contributed by atoms with Crippen molar-refractivity contribution in [3.05, 3.63) is 34.9 Å². The lowest BCUT2D eigenvalue weighted by molar-refractivity contribution is -0.138.